The second-order valence-corrected chi connectivity index (χ2v) is 7.28. The van der Waals surface area contributed by atoms with Gasteiger partial charge in [0.2, 0.25) is 0 Å². The summed E-state index contributed by atoms with van der Waals surface area (Å²) in [7, 11) is 0. The summed E-state index contributed by atoms with van der Waals surface area (Å²) in [6.07, 6.45) is 0. The molecular weight excluding hydrogens is 404 g/mol. The molecule has 1 aliphatic carbocycles. The van der Waals surface area contributed by atoms with Crippen molar-refractivity contribution in [3.63, 3.8) is 0 Å². The summed E-state index contributed by atoms with van der Waals surface area (Å²) in [5.74, 6) is 0.216. The lowest BCUT2D eigenvalue weighted by Gasteiger charge is -2.18. The molecule has 0 saturated carbocycles. The van der Waals surface area contributed by atoms with Gasteiger partial charge >= 0.3 is 5.97 Å². The molecule has 4 rings (SSSR count). The number of benzene rings is 3. The summed E-state index contributed by atoms with van der Waals surface area (Å²) in [5, 5.41) is 14.1. The Kier molecular flexibility index (Phi) is 6.52. The predicted molar refractivity (Wildman–Crippen MR) is 126 cm³/mol. The van der Waals surface area contributed by atoms with Gasteiger partial charge in [-0.25, -0.2) is 4.79 Å². The number of hydrogen-bond donors (Lipinski definition) is 2. The van der Waals surface area contributed by atoms with Crippen LogP contribution in [0, 0.1) is 0 Å². The van der Waals surface area contributed by atoms with Crippen molar-refractivity contribution in [3.8, 4) is 22.5 Å². The van der Waals surface area contributed by atoms with Gasteiger partial charge in [-0.1, -0.05) is 18.2 Å². The Morgan fingerprint density at radius 2 is 1.91 bits per heavy atom. The van der Waals surface area contributed by atoms with E-state index >= 15 is 0 Å². The lowest BCUT2D eigenvalue weighted by Crippen LogP contribution is -2.10. The number of fused-ring (bicyclic) bond motifs is 2. The van der Waals surface area contributed by atoms with Crippen molar-refractivity contribution in [1.82, 2.24) is 0 Å². The Morgan fingerprint density at radius 3 is 2.69 bits per heavy atom. The fourth-order valence-electron chi connectivity index (χ4n) is 3.86. The van der Waals surface area contributed by atoms with Crippen LogP contribution in [-0.2, 0) is 4.74 Å². The van der Waals surface area contributed by atoms with Gasteiger partial charge in [0.1, 0.15) is 18.0 Å². The molecule has 2 N–H and O–H groups in total. The summed E-state index contributed by atoms with van der Waals surface area (Å²) < 4.78 is 11.5. The third-order valence-corrected chi connectivity index (χ3v) is 5.17. The first-order valence-electron chi connectivity index (χ1n) is 10.8. The molecule has 0 amide bonds. The Hall–Kier alpha value is -3.64. The maximum Gasteiger partial charge on any atom is 0.338 e. The summed E-state index contributed by atoms with van der Waals surface area (Å²) in [5.41, 5.74) is 4.62. The van der Waals surface area contributed by atoms with Gasteiger partial charge in [0, 0.05) is 47.4 Å². The monoisotopic (exact) mass is 430 g/mol. The van der Waals surface area contributed by atoms with E-state index in [2.05, 4.69) is 10.3 Å². The highest BCUT2D eigenvalue weighted by atomic mass is 16.5. The van der Waals surface area contributed by atoms with Gasteiger partial charge < -0.3 is 19.6 Å². The number of rotatable bonds is 7. The average molecular weight is 431 g/mol. The van der Waals surface area contributed by atoms with Crippen LogP contribution < -0.4 is 10.7 Å². The summed E-state index contributed by atoms with van der Waals surface area (Å²) in [6, 6.07) is 19.2. The fourth-order valence-corrected chi connectivity index (χ4v) is 3.86. The first-order chi connectivity index (χ1) is 15.7. The van der Waals surface area contributed by atoms with Crippen LogP contribution in [0.1, 0.15) is 24.2 Å². The van der Waals surface area contributed by atoms with Gasteiger partial charge in [-0.15, -0.1) is 0 Å². The standard InChI is InChI=1S/C26H26N2O4/c1-3-27-17-9-11-21-23(15-17)32-24-16-18(28-4-2)10-12-22(24)25(21)19-7-5-6-8-20(19)26(30)31-14-13-29/h5-12,15-16,27,29H,3-4,13-14H2,1-2H3. The molecule has 0 atom stereocenters. The SMILES string of the molecule is CCN=c1ccc2c(-c3ccccc3C(=O)OCCO)c3ccc(NCC)cc3oc-2c1. The minimum absolute atomic E-state index is 0.0489. The molecule has 0 bridgehead atoms. The van der Waals surface area contributed by atoms with Crippen LogP contribution in [0.3, 0.4) is 0 Å². The number of hydrogen-bond acceptors (Lipinski definition) is 6. The molecule has 0 radical (unpaired) electrons. The average Bonchev–Trinajstić information content (AvgIpc) is 2.81. The minimum atomic E-state index is -0.474. The van der Waals surface area contributed by atoms with Crippen LogP contribution in [0.15, 0.2) is 70.1 Å². The molecule has 0 spiro atoms. The predicted octanol–water partition coefficient (Wildman–Crippen LogP) is 4.71. The first-order valence-corrected chi connectivity index (χ1v) is 10.8. The van der Waals surface area contributed by atoms with E-state index < -0.39 is 5.97 Å². The van der Waals surface area contributed by atoms with E-state index in [1.807, 2.05) is 62.4 Å². The van der Waals surface area contributed by atoms with Crippen LogP contribution >= 0.6 is 0 Å². The highest BCUT2D eigenvalue weighted by Gasteiger charge is 2.22. The molecule has 0 aromatic heterocycles. The normalized spacial score (nSPS) is 11.8. The smallest absolute Gasteiger partial charge is 0.338 e. The second kappa shape index (κ2) is 9.66. The van der Waals surface area contributed by atoms with Gasteiger partial charge in [0.05, 0.1) is 17.5 Å². The van der Waals surface area contributed by atoms with E-state index in [-0.39, 0.29) is 13.2 Å². The molecule has 6 nitrogen and oxygen atoms in total. The zero-order valence-corrected chi connectivity index (χ0v) is 18.2. The highest BCUT2D eigenvalue weighted by molar-refractivity contribution is 6.08. The zero-order chi connectivity index (χ0) is 22.5. The van der Waals surface area contributed by atoms with Crippen molar-refractivity contribution in [1.29, 1.82) is 0 Å². The van der Waals surface area contributed by atoms with Gasteiger partial charge in [0.25, 0.3) is 0 Å². The summed E-state index contributed by atoms with van der Waals surface area (Å²) in [6.45, 7) is 5.23. The molecule has 2 aliphatic rings. The zero-order valence-electron chi connectivity index (χ0n) is 18.2. The molecule has 164 valence electrons. The van der Waals surface area contributed by atoms with Crippen LogP contribution in [-0.4, -0.2) is 37.4 Å². The van der Waals surface area contributed by atoms with Crippen LogP contribution in [0.5, 0.6) is 0 Å². The largest absolute Gasteiger partial charge is 0.460 e. The lowest BCUT2D eigenvalue weighted by molar-refractivity contribution is 0.0434. The second-order valence-electron chi connectivity index (χ2n) is 7.28. The van der Waals surface area contributed by atoms with Crippen molar-refractivity contribution in [2.75, 3.05) is 31.6 Å². The van der Waals surface area contributed by atoms with Gasteiger partial charge in [-0.05, 0) is 49.7 Å². The molecule has 1 heterocycles. The Labute approximate surface area is 186 Å². The molecule has 0 saturated heterocycles. The van der Waals surface area contributed by atoms with E-state index in [1.54, 1.807) is 12.1 Å². The fraction of sp³-hybridized carbons (Fsp3) is 0.231. The van der Waals surface area contributed by atoms with E-state index in [0.29, 0.717) is 23.5 Å². The number of aliphatic hydroxyl groups excluding tert-OH is 1. The van der Waals surface area contributed by atoms with Gasteiger partial charge in [-0.2, -0.15) is 0 Å². The summed E-state index contributed by atoms with van der Waals surface area (Å²) >= 11 is 0. The molecular formula is C26H26N2O4. The number of esters is 1. The van der Waals surface area contributed by atoms with Crippen LogP contribution in [0.25, 0.3) is 33.4 Å². The molecule has 6 heteroatoms. The maximum absolute atomic E-state index is 12.8. The Balaban J connectivity index is 2.03. The Morgan fingerprint density at radius 1 is 1.06 bits per heavy atom. The van der Waals surface area contributed by atoms with E-state index in [1.165, 1.54) is 0 Å². The number of carbonyl (C=O) groups is 1. The third-order valence-electron chi connectivity index (χ3n) is 5.17. The Bertz CT molecular complexity index is 1290. The third kappa shape index (κ3) is 4.22. The van der Waals surface area contributed by atoms with Crippen molar-refractivity contribution >= 4 is 22.6 Å². The molecule has 32 heavy (non-hydrogen) atoms. The van der Waals surface area contributed by atoms with Gasteiger partial charge in [0.15, 0.2) is 0 Å². The van der Waals surface area contributed by atoms with E-state index in [4.69, 9.17) is 14.3 Å². The first kappa shape index (κ1) is 21.6. The van der Waals surface area contributed by atoms with Crippen LogP contribution in [0.4, 0.5) is 5.69 Å². The van der Waals surface area contributed by atoms with Crippen molar-refractivity contribution in [3.05, 3.63) is 71.6 Å². The molecule has 2 aromatic carbocycles. The van der Waals surface area contributed by atoms with Crippen molar-refractivity contribution < 1.29 is 19.1 Å². The number of carbonyl (C=O) groups excluding carboxylic acids is 1. The van der Waals surface area contributed by atoms with Crippen molar-refractivity contribution in [2.24, 2.45) is 4.99 Å². The number of aliphatic hydroxyl groups is 1. The van der Waals surface area contributed by atoms with E-state index in [0.717, 1.165) is 39.7 Å². The molecule has 0 unspecified atom stereocenters. The highest BCUT2D eigenvalue weighted by Crippen LogP contribution is 2.41. The minimum Gasteiger partial charge on any atom is -0.460 e. The molecule has 1 aliphatic heterocycles. The number of nitrogens with one attached hydrogen (secondary N) is 1. The van der Waals surface area contributed by atoms with Crippen LogP contribution in [0.2, 0.25) is 0 Å². The summed E-state index contributed by atoms with van der Waals surface area (Å²) in [4.78, 5) is 17.3. The number of ether oxygens (including phenoxy) is 1. The number of nitrogens with zero attached hydrogens (tertiary/aromatic N) is 1. The maximum atomic E-state index is 12.8. The quantitative estimate of drug-likeness (QED) is 0.328. The van der Waals surface area contributed by atoms with Crippen molar-refractivity contribution in [2.45, 2.75) is 13.8 Å². The number of anilines is 1. The molecule has 0 fully saturated rings. The lowest BCUT2D eigenvalue weighted by atomic mass is 9.90. The van der Waals surface area contributed by atoms with E-state index in [9.17, 15) is 4.79 Å². The topological polar surface area (TPSA) is 84.1 Å². The van der Waals surface area contributed by atoms with Gasteiger partial charge in [-0.3, -0.25) is 4.99 Å². The molecule has 2 aromatic rings.